The van der Waals surface area contributed by atoms with Gasteiger partial charge in [-0.15, -0.1) is 0 Å². The van der Waals surface area contributed by atoms with Crippen molar-refractivity contribution in [1.82, 2.24) is 9.29 Å². The standard InChI is InChI=1S/C29H41N3O2S/c1-4-7-16-31(17-8-5-2)26-20-23(22-33)21-28(35(6-3)32-18-9-10-19-32)29(26)34-27-13-11-12-25-24(27)14-15-30-25/h6,11-15,20-21,30,33H,4-5,7-10,16-19,22H2,1-3H3. The molecule has 0 bridgehead atoms. The van der Waals surface area contributed by atoms with E-state index in [2.05, 4.69) is 70.7 Å². The molecule has 1 aromatic heterocycles. The third kappa shape index (κ3) is 5.93. The third-order valence-corrected chi connectivity index (χ3v) is 8.86. The van der Waals surface area contributed by atoms with Crippen LogP contribution in [-0.2, 0) is 6.61 Å². The van der Waals surface area contributed by atoms with Gasteiger partial charge in [-0.05, 0) is 73.9 Å². The van der Waals surface area contributed by atoms with E-state index in [0.717, 1.165) is 85.5 Å². The highest BCUT2D eigenvalue weighted by atomic mass is 32.2. The summed E-state index contributed by atoms with van der Waals surface area (Å²) in [5.74, 6) is 1.81. The minimum absolute atomic E-state index is 0.0317. The Balaban J connectivity index is 1.89. The summed E-state index contributed by atoms with van der Waals surface area (Å²) in [5.41, 5.74) is 3.14. The maximum atomic E-state index is 10.3. The molecule has 0 aliphatic carbocycles. The zero-order chi connectivity index (χ0) is 24.6. The lowest BCUT2D eigenvalue weighted by Gasteiger charge is -2.31. The Bertz CT molecular complexity index is 1130. The van der Waals surface area contributed by atoms with Crippen molar-refractivity contribution in [2.45, 2.75) is 70.8 Å². The number of nitrogens with zero attached hydrogens (tertiary/aromatic N) is 2. The number of ether oxygens (including phenoxy) is 1. The normalized spacial score (nSPS) is 15.2. The van der Waals surface area contributed by atoms with E-state index in [0.29, 0.717) is 0 Å². The average Bonchev–Trinajstić information content (AvgIpc) is 3.58. The highest BCUT2D eigenvalue weighted by Gasteiger charge is 2.25. The number of anilines is 1. The molecule has 2 N–H and O–H groups in total. The Hall–Kier alpha value is -2.28. The predicted molar refractivity (Wildman–Crippen MR) is 151 cm³/mol. The van der Waals surface area contributed by atoms with Gasteiger partial charge in [-0.3, -0.25) is 4.31 Å². The Kier molecular flexibility index (Phi) is 9.30. The number of aliphatic hydroxyl groups is 1. The average molecular weight is 496 g/mol. The molecule has 35 heavy (non-hydrogen) atoms. The number of hydrogen-bond acceptors (Lipinski definition) is 4. The number of H-pyrrole nitrogens is 1. The number of rotatable bonds is 12. The fourth-order valence-corrected chi connectivity index (χ4v) is 6.92. The van der Waals surface area contributed by atoms with Gasteiger partial charge in [-0.25, -0.2) is 0 Å². The molecular weight excluding hydrogens is 454 g/mol. The van der Waals surface area contributed by atoms with E-state index in [1.807, 2.05) is 12.3 Å². The molecule has 0 saturated carbocycles. The minimum Gasteiger partial charge on any atom is -0.453 e. The molecule has 1 aliphatic heterocycles. The monoisotopic (exact) mass is 495 g/mol. The molecule has 6 heteroatoms. The van der Waals surface area contributed by atoms with Crippen LogP contribution in [0.4, 0.5) is 5.69 Å². The van der Waals surface area contributed by atoms with Crippen LogP contribution in [-0.4, -0.2) is 45.9 Å². The summed E-state index contributed by atoms with van der Waals surface area (Å²) in [6.07, 6.45) is 9.01. The number of unbranched alkanes of at least 4 members (excludes halogenated alkanes) is 2. The topological polar surface area (TPSA) is 51.7 Å². The fraction of sp³-hybridized carbons (Fsp3) is 0.483. The van der Waals surface area contributed by atoms with Crippen molar-refractivity contribution in [1.29, 1.82) is 0 Å². The molecule has 0 radical (unpaired) electrons. The van der Waals surface area contributed by atoms with Crippen molar-refractivity contribution in [3.05, 3.63) is 48.2 Å². The van der Waals surface area contributed by atoms with Crippen LogP contribution >= 0.6 is 10.7 Å². The first-order chi connectivity index (χ1) is 17.2. The summed E-state index contributed by atoms with van der Waals surface area (Å²) in [6, 6.07) is 12.6. The van der Waals surface area contributed by atoms with Crippen LogP contribution < -0.4 is 9.64 Å². The van der Waals surface area contributed by atoms with Crippen molar-refractivity contribution in [3.8, 4) is 11.5 Å². The Morgan fingerprint density at radius 2 is 1.83 bits per heavy atom. The Morgan fingerprint density at radius 1 is 1.09 bits per heavy atom. The smallest absolute Gasteiger partial charge is 0.165 e. The highest BCUT2D eigenvalue weighted by Crippen LogP contribution is 2.48. The molecule has 1 fully saturated rings. The summed E-state index contributed by atoms with van der Waals surface area (Å²) < 4.78 is 9.49. The largest absolute Gasteiger partial charge is 0.453 e. The first-order valence-electron chi connectivity index (χ1n) is 13.2. The summed E-state index contributed by atoms with van der Waals surface area (Å²) in [4.78, 5) is 6.99. The lowest BCUT2D eigenvalue weighted by Crippen LogP contribution is -2.26. The minimum atomic E-state index is -0.192. The van der Waals surface area contributed by atoms with Crippen molar-refractivity contribution in [2.75, 3.05) is 31.1 Å². The number of aromatic amines is 1. The first-order valence-corrected chi connectivity index (χ1v) is 14.5. The quantitative estimate of drug-likeness (QED) is 0.259. The zero-order valence-electron chi connectivity index (χ0n) is 21.6. The van der Waals surface area contributed by atoms with Crippen molar-refractivity contribution < 1.29 is 9.84 Å². The lowest BCUT2D eigenvalue weighted by atomic mass is 10.1. The van der Waals surface area contributed by atoms with E-state index in [4.69, 9.17) is 4.74 Å². The van der Waals surface area contributed by atoms with Crippen LogP contribution in [0.2, 0.25) is 0 Å². The molecule has 3 aromatic rings. The summed E-state index contributed by atoms with van der Waals surface area (Å²) in [7, 11) is -0.192. The van der Waals surface area contributed by atoms with Gasteiger partial charge >= 0.3 is 0 Å². The van der Waals surface area contributed by atoms with Crippen molar-refractivity contribution in [2.24, 2.45) is 0 Å². The van der Waals surface area contributed by atoms with E-state index in [1.54, 1.807) is 0 Å². The van der Waals surface area contributed by atoms with Gasteiger partial charge in [0.25, 0.3) is 0 Å². The van der Waals surface area contributed by atoms with E-state index in [-0.39, 0.29) is 17.3 Å². The number of fused-ring (bicyclic) bond motifs is 1. The second-order valence-corrected chi connectivity index (χ2v) is 11.3. The van der Waals surface area contributed by atoms with Gasteiger partial charge in [-0.1, -0.05) is 43.4 Å². The van der Waals surface area contributed by atoms with Crippen LogP contribution in [0.1, 0.15) is 64.9 Å². The molecule has 190 valence electrons. The SMILES string of the molecule is C/C=S(/c1cc(CO)cc(N(CCCC)CCCC)c1Oc1cccc2[nH]ccc12)N1CCCC1. The van der Waals surface area contributed by atoms with Crippen LogP contribution in [0, 0.1) is 0 Å². The van der Waals surface area contributed by atoms with E-state index >= 15 is 0 Å². The molecule has 4 rings (SSSR count). The molecule has 1 saturated heterocycles. The van der Waals surface area contributed by atoms with Crippen LogP contribution in [0.15, 0.2) is 47.5 Å². The third-order valence-electron chi connectivity index (χ3n) is 6.74. The van der Waals surface area contributed by atoms with Crippen molar-refractivity contribution >= 4 is 32.6 Å². The zero-order valence-corrected chi connectivity index (χ0v) is 22.4. The number of aliphatic hydroxyl groups excluding tert-OH is 1. The molecule has 2 aromatic carbocycles. The maximum Gasteiger partial charge on any atom is 0.165 e. The highest BCUT2D eigenvalue weighted by molar-refractivity contribution is 8.13. The maximum absolute atomic E-state index is 10.3. The molecule has 2 heterocycles. The summed E-state index contributed by atoms with van der Waals surface area (Å²) >= 11 is 0. The first kappa shape index (κ1) is 25.8. The summed E-state index contributed by atoms with van der Waals surface area (Å²) in [6.45, 7) is 10.9. The number of benzene rings is 2. The molecule has 0 amide bonds. The molecule has 0 spiro atoms. The van der Waals surface area contributed by atoms with Gasteiger partial charge in [0.1, 0.15) is 5.75 Å². The molecule has 1 unspecified atom stereocenters. The summed E-state index contributed by atoms with van der Waals surface area (Å²) in [5, 5.41) is 13.7. The Morgan fingerprint density at radius 3 is 2.49 bits per heavy atom. The van der Waals surface area contributed by atoms with Gasteiger partial charge in [0.15, 0.2) is 5.75 Å². The molecule has 1 atom stereocenters. The fourth-order valence-electron chi connectivity index (χ4n) is 4.83. The number of hydrogen-bond donors (Lipinski definition) is 2. The van der Waals surface area contributed by atoms with E-state index < -0.39 is 0 Å². The van der Waals surface area contributed by atoms with Crippen LogP contribution in [0.25, 0.3) is 10.9 Å². The van der Waals surface area contributed by atoms with Gasteiger partial charge in [0.2, 0.25) is 0 Å². The van der Waals surface area contributed by atoms with Gasteiger partial charge in [0, 0.05) is 43.3 Å². The number of nitrogens with one attached hydrogen (secondary N) is 1. The lowest BCUT2D eigenvalue weighted by molar-refractivity contribution is 0.281. The van der Waals surface area contributed by atoms with Gasteiger partial charge in [-0.2, -0.15) is 0 Å². The molecule has 1 aliphatic rings. The predicted octanol–water partition coefficient (Wildman–Crippen LogP) is 7.32. The van der Waals surface area contributed by atoms with Crippen molar-refractivity contribution in [3.63, 3.8) is 0 Å². The van der Waals surface area contributed by atoms with Gasteiger partial charge in [0.05, 0.1) is 17.2 Å². The van der Waals surface area contributed by atoms with E-state index in [9.17, 15) is 5.11 Å². The molecule has 5 nitrogen and oxygen atoms in total. The van der Waals surface area contributed by atoms with Crippen LogP contribution in [0.5, 0.6) is 11.5 Å². The van der Waals surface area contributed by atoms with Crippen LogP contribution in [0.3, 0.4) is 0 Å². The second-order valence-electron chi connectivity index (χ2n) is 9.28. The molecular formula is C29H41N3O2S. The Labute approximate surface area is 213 Å². The second kappa shape index (κ2) is 12.6. The van der Waals surface area contributed by atoms with E-state index in [1.165, 1.54) is 17.7 Å². The van der Waals surface area contributed by atoms with Gasteiger partial charge < -0.3 is 19.7 Å². The number of aromatic nitrogens is 1.